The fourth-order valence-corrected chi connectivity index (χ4v) is 5.43. The predicted molar refractivity (Wildman–Crippen MR) is 148 cm³/mol. The first-order valence-corrected chi connectivity index (χ1v) is 13.3. The SMILES string of the molecule is CC(C)[NH+](CCNC(=O)CN1C(=O)C(=Cc2cccc(Cl)c2)Sc2ccccc21)Cc1ccccc1. The van der Waals surface area contributed by atoms with E-state index < -0.39 is 0 Å². The minimum absolute atomic E-state index is 0.0288. The summed E-state index contributed by atoms with van der Waals surface area (Å²) in [6.07, 6.45) is 1.83. The number of carbonyl (C=O) groups is 2. The first-order valence-electron chi connectivity index (χ1n) is 12.1. The average Bonchev–Trinajstić information content (AvgIpc) is 2.86. The summed E-state index contributed by atoms with van der Waals surface area (Å²) in [6.45, 7) is 6.60. The molecule has 0 aromatic heterocycles. The molecule has 0 saturated heterocycles. The number of anilines is 1. The standard InChI is InChI=1S/C29H30ClN3O2S/c1-21(2)32(19-22-9-4-3-5-10-22)16-15-31-28(34)20-33-25-13-6-7-14-26(25)36-27(29(33)35)18-23-11-8-12-24(30)17-23/h3-14,17-18,21H,15-16,19-20H2,1-2H3,(H,31,34)/p+1. The molecule has 4 rings (SSSR count). The van der Waals surface area contributed by atoms with Crippen molar-refractivity contribution in [3.63, 3.8) is 0 Å². The molecule has 7 heteroatoms. The van der Waals surface area contributed by atoms with E-state index in [1.165, 1.54) is 22.2 Å². The Kier molecular flexibility index (Phi) is 8.86. The second-order valence-corrected chi connectivity index (χ2v) is 10.6. The fourth-order valence-electron chi connectivity index (χ4n) is 4.17. The number of halogens is 1. The molecule has 1 unspecified atom stereocenters. The van der Waals surface area contributed by atoms with E-state index in [2.05, 4.69) is 43.4 Å². The smallest absolute Gasteiger partial charge is 0.265 e. The number of hydrogen-bond donors (Lipinski definition) is 2. The van der Waals surface area contributed by atoms with Crippen LogP contribution in [0.5, 0.6) is 0 Å². The Bertz CT molecular complexity index is 1250. The molecular formula is C29H31ClN3O2S+. The fraction of sp³-hybridized carbons (Fsp3) is 0.241. The Labute approximate surface area is 222 Å². The summed E-state index contributed by atoms with van der Waals surface area (Å²) < 4.78 is 0. The van der Waals surface area contributed by atoms with Gasteiger partial charge in [0, 0.05) is 15.5 Å². The van der Waals surface area contributed by atoms with Crippen molar-refractivity contribution >= 4 is 46.9 Å². The third-order valence-corrected chi connectivity index (χ3v) is 7.45. The second-order valence-electron chi connectivity index (χ2n) is 9.10. The van der Waals surface area contributed by atoms with Gasteiger partial charge in [-0.3, -0.25) is 14.5 Å². The number of amides is 2. The van der Waals surface area contributed by atoms with Crippen LogP contribution in [0.2, 0.25) is 5.02 Å². The summed E-state index contributed by atoms with van der Waals surface area (Å²) in [5, 5.41) is 3.64. The molecule has 186 valence electrons. The topological polar surface area (TPSA) is 53.9 Å². The minimum atomic E-state index is -0.188. The molecule has 0 saturated carbocycles. The Morgan fingerprint density at radius 2 is 1.81 bits per heavy atom. The van der Waals surface area contributed by atoms with E-state index in [0.29, 0.717) is 22.5 Å². The number of thioether (sulfide) groups is 1. The molecule has 0 aliphatic carbocycles. The van der Waals surface area contributed by atoms with Gasteiger partial charge >= 0.3 is 0 Å². The van der Waals surface area contributed by atoms with Crippen LogP contribution in [-0.2, 0) is 16.1 Å². The maximum absolute atomic E-state index is 13.4. The van der Waals surface area contributed by atoms with E-state index in [1.54, 1.807) is 11.0 Å². The lowest BCUT2D eigenvalue weighted by Gasteiger charge is -2.30. The highest BCUT2D eigenvalue weighted by atomic mass is 35.5. The molecular weight excluding hydrogens is 490 g/mol. The molecule has 0 fully saturated rings. The molecule has 2 amide bonds. The Hall–Kier alpha value is -3.06. The number of hydrogen-bond acceptors (Lipinski definition) is 3. The highest BCUT2D eigenvalue weighted by molar-refractivity contribution is 8.04. The molecule has 2 N–H and O–H groups in total. The molecule has 3 aromatic rings. The van der Waals surface area contributed by atoms with E-state index >= 15 is 0 Å². The number of carbonyl (C=O) groups excluding carboxylic acids is 2. The normalized spacial score (nSPS) is 15.2. The van der Waals surface area contributed by atoms with E-state index in [4.69, 9.17) is 11.6 Å². The summed E-state index contributed by atoms with van der Waals surface area (Å²) in [5.41, 5.74) is 2.88. The summed E-state index contributed by atoms with van der Waals surface area (Å²) in [6, 6.07) is 25.9. The van der Waals surface area contributed by atoms with Crippen LogP contribution in [-0.4, -0.2) is 37.5 Å². The Balaban J connectivity index is 1.42. The van der Waals surface area contributed by atoms with Crippen LogP contribution in [0.25, 0.3) is 6.08 Å². The van der Waals surface area contributed by atoms with Gasteiger partial charge in [0.15, 0.2) is 0 Å². The molecule has 1 atom stereocenters. The van der Waals surface area contributed by atoms with E-state index in [0.717, 1.165) is 29.2 Å². The van der Waals surface area contributed by atoms with Gasteiger partial charge in [-0.05, 0) is 49.8 Å². The minimum Gasteiger partial charge on any atom is -0.349 e. The number of rotatable bonds is 9. The van der Waals surface area contributed by atoms with Crippen LogP contribution in [0.4, 0.5) is 5.69 Å². The van der Waals surface area contributed by atoms with Crippen molar-refractivity contribution in [1.82, 2.24) is 5.32 Å². The van der Waals surface area contributed by atoms with Gasteiger partial charge in [0.25, 0.3) is 5.91 Å². The number of quaternary nitrogens is 1. The monoisotopic (exact) mass is 520 g/mol. The highest BCUT2D eigenvalue weighted by Gasteiger charge is 2.30. The Morgan fingerprint density at radius 3 is 2.56 bits per heavy atom. The average molecular weight is 521 g/mol. The van der Waals surface area contributed by atoms with Gasteiger partial charge in [0.1, 0.15) is 13.1 Å². The van der Waals surface area contributed by atoms with Crippen LogP contribution in [0.15, 0.2) is 88.7 Å². The quantitative estimate of drug-likeness (QED) is 0.410. The molecule has 0 bridgehead atoms. The molecule has 1 aliphatic rings. The van der Waals surface area contributed by atoms with E-state index in [9.17, 15) is 9.59 Å². The lowest BCUT2D eigenvalue weighted by molar-refractivity contribution is -0.933. The zero-order chi connectivity index (χ0) is 25.5. The summed E-state index contributed by atoms with van der Waals surface area (Å²) in [5.74, 6) is -0.359. The van der Waals surface area contributed by atoms with Gasteiger partial charge in [0.2, 0.25) is 5.91 Å². The molecule has 36 heavy (non-hydrogen) atoms. The zero-order valence-electron chi connectivity index (χ0n) is 20.5. The first kappa shape index (κ1) is 26.0. The van der Waals surface area contributed by atoms with Crippen molar-refractivity contribution < 1.29 is 14.5 Å². The largest absolute Gasteiger partial charge is 0.349 e. The van der Waals surface area contributed by atoms with Gasteiger partial charge in [0.05, 0.1) is 29.7 Å². The number of fused-ring (bicyclic) bond motifs is 1. The highest BCUT2D eigenvalue weighted by Crippen LogP contribution is 2.41. The van der Waals surface area contributed by atoms with Crippen LogP contribution >= 0.6 is 23.4 Å². The number of para-hydroxylation sites is 1. The summed E-state index contributed by atoms with van der Waals surface area (Å²) in [4.78, 5) is 30.8. The maximum Gasteiger partial charge on any atom is 0.265 e. The Morgan fingerprint density at radius 1 is 1.06 bits per heavy atom. The van der Waals surface area contributed by atoms with Gasteiger partial charge in [-0.25, -0.2) is 0 Å². The molecule has 1 aliphatic heterocycles. The molecule has 3 aromatic carbocycles. The molecule has 1 heterocycles. The van der Waals surface area contributed by atoms with Crippen molar-refractivity contribution in [3.8, 4) is 0 Å². The third-order valence-electron chi connectivity index (χ3n) is 6.14. The lowest BCUT2D eigenvalue weighted by atomic mass is 10.2. The van der Waals surface area contributed by atoms with E-state index in [1.807, 2.05) is 54.6 Å². The molecule has 5 nitrogen and oxygen atoms in total. The van der Waals surface area contributed by atoms with Crippen molar-refractivity contribution in [2.24, 2.45) is 0 Å². The van der Waals surface area contributed by atoms with Crippen LogP contribution in [0.1, 0.15) is 25.0 Å². The summed E-state index contributed by atoms with van der Waals surface area (Å²) >= 11 is 7.54. The van der Waals surface area contributed by atoms with Crippen LogP contribution < -0.4 is 15.1 Å². The summed E-state index contributed by atoms with van der Waals surface area (Å²) in [7, 11) is 0. The van der Waals surface area contributed by atoms with Gasteiger partial charge in [-0.15, -0.1) is 0 Å². The van der Waals surface area contributed by atoms with Crippen molar-refractivity contribution in [2.45, 2.75) is 31.3 Å². The van der Waals surface area contributed by atoms with Crippen molar-refractivity contribution in [3.05, 3.63) is 99.9 Å². The predicted octanol–water partition coefficient (Wildman–Crippen LogP) is 4.43. The lowest BCUT2D eigenvalue weighted by Crippen LogP contribution is -3.14. The maximum atomic E-state index is 13.4. The first-order chi connectivity index (χ1) is 17.4. The molecule has 0 spiro atoms. The van der Waals surface area contributed by atoms with Gasteiger partial charge in [-0.2, -0.15) is 0 Å². The van der Waals surface area contributed by atoms with Crippen molar-refractivity contribution in [2.75, 3.05) is 24.5 Å². The van der Waals surface area contributed by atoms with Crippen molar-refractivity contribution in [1.29, 1.82) is 0 Å². The van der Waals surface area contributed by atoms with Crippen LogP contribution in [0, 0.1) is 0 Å². The molecule has 0 radical (unpaired) electrons. The van der Waals surface area contributed by atoms with Gasteiger partial charge < -0.3 is 10.2 Å². The number of nitrogens with zero attached hydrogens (tertiary/aromatic N) is 1. The van der Waals surface area contributed by atoms with E-state index in [-0.39, 0.29) is 18.4 Å². The second kappa shape index (κ2) is 12.3. The number of nitrogens with one attached hydrogen (secondary N) is 2. The zero-order valence-corrected chi connectivity index (χ0v) is 22.1. The third kappa shape index (κ3) is 6.78. The van der Waals surface area contributed by atoms with Gasteiger partial charge in [-0.1, -0.05) is 78.0 Å². The van der Waals surface area contributed by atoms with Crippen LogP contribution in [0.3, 0.4) is 0 Å². The number of benzene rings is 3.